The Hall–Kier alpha value is -1.40. The zero-order chi connectivity index (χ0) is 15.0. The molecule has 4 nitrogen and oxygen atoms in total. The molecule has 110 valence electrons. The van der Waals surface area contributed by atoms with Gasteiger partial charge in [-0.05, 0) is 29.3 Å². The number of nitrogens with two attached hydrogens (primary N) is 1. The molecule has 0 saturated carbocycles. The highest BCUT2D eigenvalue weighted by Gasteiger charge is 2.20. The lowest BCUT2D eigenvalue weighted by Gasteiger charge is -2.16. The molecular formula is C15H17ClN4S. The summed E-state index contributed by atoms with van der Waals surface area (Å²) >= 11 is 8.08. The summed E-state index contributed by atoms with van der Waals surface area (Å²) < 4.78 is 3.09. The van der Waals surface area contributed by atoms with Gasteiger partial charge in [-0.3, -0.25) is 16.0 Å². The molecule has 0 aliphatic rings. The van der Waals surface area contributed by atoms with Crippen LogP contribution in [0.5, 0.6) is 0 Å². The second-order valence-corrected chi connectivity index (χ2v) is 6.37. The molecule has 2 heterocycles. The molecule has 0 aliphatic heterocycles. The van der Waals surface area contributed by atoms with Crippen LogP contribution in [0.25, 0.3) is 10.1 Å². The van der Waals surface area contributed by atoms with Crippen LogP contribution in [0.2, 0.25) is 5.02 Å². The molecule has 0 spiro atoms. The normalized spacial score (nSPS) is 13.0. The summed E-state index contributed by atoms with van der Waals surface area (Å²) in [4.78, 5) is 0. The highest BCUT2D eigenvalue weighted by atomic mass is 35.5. The van der Waals surface area contributed by atoms with E-state index in [1.165, 1.54) is 15.6 Å². The first-order chi connectivity index (χ1) is 10.1. The van der Waals surface area contributed by atoms with Gasteiger partial charge >= 0.3 is 0 Å². The van der Waals surface area contributed by atoms with Gasteiger partial charge in [-0.25, -0.2) is 0 Å². The van der Waals surface area contributed by atoms with Crippen LogP contribution in [0.4, 0.5) is 0 Å². The predicted octanol–water partition coefficient (Wildman–Crippen LogP) is 3.34. The van der Waals surface area contributed by atoms with Crippen LogP contribution in [-0.2, 0) is 13.5 Å². The van der Waals surface area contributed by atoms with Crippen molar-refractivity contribution in [3.05, 3.63) is 51.6 Å². The van der Waals surface area contributed by atoms with Crippen LogP contribution < -0.4 is 11.3 Å². The van der Waals surface area contributed by atoms with Crippen molar-refractivity contribution in [3.63, 3.8) is 0 Å². The zero-order valence-electron chi connectivity index (χ0n) is 11.9. The predicted molar refractivity (Wildman–Crippen MR) is 88.5 cm³/mol. The van der Waals surface area contributed by atoms with Crippen molar-refractivity contribution in [2.24, 2.45) is 12.9 Å². The molecule has 1 aromatic carbocycles. The lowest BCUT2D eigenvalue weighted by Crippen LogP contribution is -2.30. The second-order valence-electron chi connectivity index (χ2n) is 5.08. The number of fused-ring (bicyclic) bond motifs is 1. The number of aryl methyl sites for hydroxylation is 2. The average molecular weight is 321 g/mol. The van der Waals surface area contributed by atoms with Crippen molar-refractivity contribution in [1.29, 1.82) is 0 Å². The third kappa shape index (κ3) is 2.58. The summed E-state index contributed by atoms with van der Waals surface area (Å²) in [6.07, 6.45) is 0.702. The third-order valence-corrected chi connectivity index (χ3v) is 5.22. The highest BCUT2D eigenvalue weighted by Crippen LogP contribution is 2.33. The Balaban J connectivity index is 1.99. The number of rotatable bonds is 4. The number of hydrogen-bond acceptors (Lipinski definition) is 4. The summed E-state index contributed by atoms with van der Waals surface area (Å²) in [5.74, 6) is 5.79. The number of nitrogens with zero attached hydrogens (tertiary/aromatic N) is 2. The van der Waals surface area contributed by atoms with Gasteiger partial charge in [-0.15, -0.1) is 11.3 Å². The molecule has 3 aromatic rings. The first-order valence-corrected chi connectivity index (χ1v) is 7.97. The zero-order valence-corrected chi connectivity index (χ0v) is 13.5. The van der Waals surface area contributed by atoms with Crippen molar-refractivity contribution in [2.45, 2.75) is 19.4 Å². The smallest absolute Gasteiger partial charge is 0.0847 e. The fraction of sp³-hybridized carbons (Fsp3) is 0.267. The van der Waals surface area contributed by atoms with Crippen LogP contribution in [0.1, 0.15) is 23.0 Å². The van der Waals surface area contributed by atoms with Gasteiger partial charge in [-0.1, -0.05) is 29.8 Å². The number of hydrogen-bond donors (Lipinski definition) is 2. The molecule has 0 fully saturated rings. The minimum atomic E-state index is 0.00782. The number of benzene rings is 1. The second kappa shape index (κ2) is 5.77. The van der Waals surface area contributed by atoms with Crippen LogP contribution in [0.3, 0.4) is 0 Å². The quantitative estimate of drug-likeness (QED) is 0.572. The van der Waals surface area contributed by atoms with Crippen molar-refractivity contribution in [3.8, 4) is 0 Å². The molecule has 21 heavy (non-hydrogen) atoms. The number of aromatic nitrogens is 2. The van der Waals surface area contributed by atoms with E-state index in [1.54, 1.807) is 11.3 Å². The molecule has 0 radical (unpaired) electrons. The van der Waals surface area contributed by atoms with E-state index < -0.39 is 0 Å². The van der Waals surface area contributed by atoms with E-state index in [2.05, 4.69) is 34.1 Å². The molecule has 1 unspecified atom stereocenters. The highest BCUT2D eigenvalue weighted by molar-refractivity contribution is 7.17. The van der Waals surface area contributed by atoms with Gasteiger partial charge < -0.3 is 0 Å². The Morgan fingerprint density at radius 2 is 2.19 bits per heavy atom. The summed E-state index contributed by atoms with van der Waals surface area (Å²) in [5.41, 5.74) is 5.96. The molecule has 0 aliphatic carbocycles. The van der Waals surface area contributed by atoms with E-state index in [0.29, 0.717) is 6.42 Å². The minimum absolute atomic E-state index is 0.00782. The Labute approximate surface area is 132 Å². The molecule has 3 rings (SSSR count). The Morgan fingerprint density at radius 3 is 2.86 bits per heavy atom. The fourth-order valence-electron chi connectivity index (χ4n) is 2.62. The maximum atomic E-state index is 6.35. The maximum absolute atomic E-state index is 6.35. The van der Waals surface area contributed by atoms with Gasteiger partial charge in [0.1, 0.15) is 0 Å². The Bertz CT molecular complexity index is 777. The monoisotopic (exact) mass is 320 g/mol. The average Bonchev–Trinajstić information content (AvgIpc) is 3.00. The number of thiophene rings is 1. The number of hydrazine groups is 1. The molecule has 0 amide bonds. The van der Waals surface area contributed by atoms with Gasteiger partial charge in [0, 0.05) is 18.2 Å². The van der Waals surface area contributed by atoms with Crippen LogP contribution in [-0.4, -0.2) is 9.78 Å². The number of halogens is 1. The Kier molecular flexibility index (Phi) is 3.99. The first kappa shape index (κ1) is 14.5. The van der Waals surface area contributed by atoms with E-state index >= 15 is 0 Å². The molecule has 1 atom stereocenters. The van der Waals surface area contributed by atoms with Gasteiger partial charge in [-0.2, -0.15) is 5.10 Å². The molecule has 2 aromatic heterocycles. The Morgan fingerprint density at radius 1 is 1.43 bits per heavy atom. The maximum Gasteiger partial charge on any atom is 0.0847 e. The summed E-state index contributed by atoms with van der Waals surface area (Å²) in [6, 6.07) is 8.36. The third-order valence-electron chi connectivity index (χ3n) is 3.75. The molecule has 0 saturated heterocycles. The van der Waals surface area contributed by atoms with Gasteiger partial charge in [0.25, 0.3) is 0 Å². The SMILES string of the molecule is Cc1nn(C)c(CC(NN)c2csc3ccccc23)c1Cl. The van der Waals surface area contributed by atoms with Crippen molar-refractivity contribution < 1.29 is 0 Å². The fourth-order valence-corrected chi connectivity index (χ4v) is 3.87. The van der Waals surface area contributed by atoms with Gasteiger partial charge in [0.05, 0.1) is 22.5 Å². The standard InChI is InChI=1S/C15H17ClN4S/c1-9-15(16)13(20(2)19-9)7-12(18-17)11-8-21-14-6-4-3-5-10(11)14/h3-6,8,12,18H,7,17H2,1-2H3. The van der Waals surface area contributed by atoms with Gasteiger partial charge in [0.15, 0.2) is 0 Å². The van der Waals surface area contributed by atoms with E-state index in [0.717, 1.165) is 16.4 Å². The molecular weight excluding hydrogens is 304 g/mol. The largest absolute Gasteiger partial charge is 0.271 e. The van der Waals surface area contributed by atoms with Gasteiger partial charge in [0.2, 0.25) is 0 Å². The van der Waals surface area contributed by atoms with Crippen LogP contribution in [0.15, 0.2) is 29.6 Å². The van der Waals surface area contributed by atoms with E-state index in [4.69, 9.17) is 17.4 Å². The van der Waals surface area contributed by atoms with Crippen molar-refractivity contribution in [2.75, 3.05) is 0 Å². The van der Waals surface area contributed by atoms with E-state index in [1.807, 2.05) is 24.7 Å². The number of nitrogens with one attached hydrogen (secondary N) is 1. The lowest BCUT2D eigenvalue weighted by atomic mass is 10.0. The lowest BCUT2D eigenvalue weighted by molar-refractivity contribution is 0.534. The minimum Gasteiger partial charge on any atom is -0.271 e. The topological polar surface area (TPSA) is 55.9 Å². The molecule has 0 bridgehead atoms. The van der Waals surface area contributed by atoms with Crippen molar-refractivity contribution in [1.82, 2.24) is 15.2 Å². The van der Waals surface area contributed by atoms with E-state index in [-0.39, 0.29) is 6.04 Å². The van der Waals surface area contributed by atoms with E-state index in [9.17, 15) is 0 Å². The summed E-state index contributed by atoms with van der Waals surface area (Å²) in [7, 11) is 1.91. The first-order valence-electron chi connectivity index (χ1n) is 6.72. The van der Waals surface area contributed by atoms with Crippen LogP contribution in [0, 0.1) is 6.92 Å². The van der Waals surface area contributed by atoms with Crippen LogP contribution >= 0.6 is 22.9 Å². The summed E-state index contributed by atoms with van der Waals surface area (Å²) in [6.45, 7) is 1.91. The van der Waals surface area contributed by atoms with Crippen molar-refractivity contribution >= 4 is 33.0 Å². The molecule has 6 heteroatoms. The molecule has 3 N–H and O–H groups in total. The summed E-state index contributed by atoms with van der Waals surface area (Å²) in [5, 5.41) is 8.48.